The van der Waals surface area contributed by atoms with E-state index in [4.69, 9.17) is 10.2 Å². The average molecular weight is 276 g/mol. The molecule has 2 N–H and O–H groups in total. The van der Waals surface area contributed by atoms with Crippen molar-refractivity contribution in [3.63, 3.8) is 0 Å². The molecule has 0 saturated carbocycles. The van der Waals surface area contributed by atoms with E-state index < -0.39 is 12.1 Å². The molecule has 1 fully saturated rings. The number of aromatic carboxylic acids is 1. The largest absolute Gasteiger partial charge is 0.478 e. The summed E-state index contributed by atoms with van der Waals surface area (Å²) in [5, 5.41) is 18.2. The van der Waals surface area contributed by atoms with Crippen LogP contribution in [0.3, 0.4) is 0 Å². The van der Waals surface area contributed by atoms with Crippen LogP contribution in [0, 0.1) is 0 Å². The number of carbonyl (C=O) groups is 2. The number of amides is 1. The van der Waals surface area contributed by atoms with Crippen LogP contribution < -0.4 is 4.90 Å². The van der Waals surface area contributed by atoms with Gasteiger partial charge in [-0.15, -0.1) is 0 Å². The molecule has 0 bridgehead atoms. The van der Waals surface area contributed by atoms with Gasteiger partial charge in [0.2, 0.25) is 0 Å². The molecule has 6 heteroatoms. The van der Waals surface area contributed by atoms with Crippen molar-refractivity contribution in [3.8, 4) is 0 Å². The molecule has 1 saturated heterocycles. The summed E-state index contributed by atoms with van der Waals surface area (Å²) in [7, 11) is 0. The quantitative estimate of drug-likeness (QED) is 0.812. The molecule has 3 rings (SSSR count). The molecule has 1 aromatic rings. The summed E-state index contributed by atoms with van der Waals surface area (Å²) < 4.78 is 0. The standard InChI is InChI=1S/C14H16N2O4/c1-8-6-15(14(19)20)7-11-4-9-2-3-10(13(17)18)5-12(9)16(8)11/h2-3,5,8,11H,4,6-7H2,1H3,(H,17,18)(H,19,20)/t8-,11-/m1/s1. The van der Waals surface area contributed by atoms with Crippen LogP contribution >= 0.6 is 0 Å². The van der Waals surface area contributed by atoms with Crippen molar-refractivity contribution in [1.29, 1.82) is 0 Å². The van der Waals surface area contributed by atoms with Crippen molar-refractivity contribution >= 4 is 17.7 Å². The third-order valence-corrected chi connectivity index (χ3v) is 4.12. The highest BCUT2D eigenvalue weighted by molar-refractivity contribution is 5.89. The number of carboxylic acid groups (broad SMARTS) is 2. The number of nitrogens with zero attached hydrogens (tertiary/aromatic N) is 2. The third kappa shape index (κ3) is 1.88. The fourth-order valence-electron chi connectivity index (χ4n) is 3.30. The van der Waals surface area contributed by atoms with E-state index in [1.165, 1.54) is 4.90 Å². The van der Waals surface area contributed by atoms with Gasteiger partial charge in [-0.05, 0) is 31.0 Å². The Balaban J connectivity index is 1.94. The maximum atomic E-state index is 11.1. The van der Waals surface area contributed by atoms with Gasteiger partial charge in [-0.1, -0.05) is 6.07 Å². The van der Waals surface area contributed by atoms with E-state index in [2.05, 4.69) is 4.90 Å². The van der Waals surface area contributed by atoms with E-state index >= 15 is 0 Å². The molecule has 6 nitrogen and oxygen atoms in total. The number of benzene rings is 1. The zero-order valence-corrected chi connectivity index (χ0v) is 11.1. The van der Waals surface area contributed by atoms with Gasteiger partial charge in [0.25, 0.3) is 0 Å². The lowest BCUT2D eigenvalue weighted by Gasteiger charge is -2.42. The Bertz CT molecular complexity index is 587. The number of anilines is 1. The van der Waals surface area contributed by atoms with Crippen molar-refractivity contribution in [2.75, 3.05) is 18.0 Å². The summed E-state index contributed by atoms with van der Waals surface area (Å²) in [5.41, 5.74) is 2.31. The first kappa shape index (κ1) is 12.8. The van der Waals surface area contributed by atoms with Crippen molar-refractivity contribution < 1.29 is 19.8 Å². The molecule has 106 valence electrons. The lowest BCUT2D eigenvalue weighted by atomic mass is 10.1. The molecule has 0 unspecified atom stereocenters. The second kappa shape index (κ2) is 4.40. The van der Waals surface area contributed by atoms with Crippen molar-refractivity contribution in [1.82, 2.24) is 4.90 Å². The summed E-state index contributed by atoms with van der Waals surface area (Å²) in [5.74, 6) is -0.937. The van der Waals surface area contributed by atoms with Gasteiger partial charge in [0.1, 0.15) is 0 Å². The molecule has 20 heavy (non-hydrogen) atoms. The Morgan fingerprint density at radius 1 is 1.25 bits per heavy atom. The van der Waals surface area contributed by atoms with Gasteiger partial charge in [-0.25, -0.2) is 9.59 Å². The summed E-state index contributed by atoms with van der Waals surface area (Å²) in [6, 6.07) is 5.31. The Kier molecular flexibility index (Phi) is 2.81. The lowest BCUT2D eigenvalue weighted by Crippen LogP contribution is -2.57. The summed E-state index contributed by atoms with van der Waals surface area (Å²) in [6.07, 6.45) is -0.123. The van der Waals surface area contributed by atoms with Crippen LogP contribution in [0.4, 0.5) is 10.5 Å². The predicted octanol–water partition coefficient (Wildman–Crippen LogP) is 1.50. The SMILES string of the molecule is C[C@@H]1CN(C(=O)O)C[C@H]2Cc3ccc(C(=O)O)cc3N21. The Labute approximate surface area is 116 Å². The number of piperazine rings is 1. The van der Waals surface area contributed by atoms with Crippen LogP contribution in [-0.2, 0) is 6.42 Å². The van der Waals surface area contributed by atoms with Gasteiger partial charge in [-0.2, -0.15) is 0 Å². The van der Waals surface area contributed by atoms with Crippen molar-refractivity contribution in [2.24, 2.45) is 0 Å². The minimum atomic E-state index is -0.937. The molecule has 1 amide bonds. The van der Waals surface area contributed by atoms with Gasteiger partial charge >= 0.3 is 12.1 Å². The number of hydrogen-bond acceptors (Lipinski definition) is 3. The van der Waals surface area contributed by atoms with Crippen molar-refractivity contribution in [3.05, 3.63) is 29.3 Å². The zero-order valence-electron chi connectivity index (χ0n) is 11.1. The minimum absolute atomic E-state index is 0.0511. The molecule has 0 aliphatic carbocycles. The third-order valence-electron chi connectivity index (χ3n) is 4.12. The van der Waals surface area contributed by atoms with E-state index in [-0.39, 0.29) is 17.6 Å². The molecule has 0 aromatic heterocycles. The second-order valence-corrected chi connectivity index (χ2v) is 5.45. The first-order chi connectivity index (χ1) is 9.47. The van der Waals surface area contributed by atoms with Crippen LogP contribution in [0.2, 0.25) is 0 Å². The van der Waals surface area contributed by atoms with E-state index in [0.29, 0.717) is 13.1 Å². The van der Waals surface area contributed by atoms with Crippen LogP contribution in [-0.4, -0.2) is 52.3 Å². The van der Waals surface area contributed by atoms with Gasteiger partial charge in [-0.3, -0.25) is 0 Å². The Morgan fingerprint density at radius 3 is 2.65 bits per heavy atom. The topological polar surface area (TPSA) is 81.1 Å². The van der Waals surface area contributed by atoms with E-state index in [1.807, 2.05) is 13.0 Å². The zero-order chi connectivity index (χ0) is 14.4. The first-order valence-electron chi connectivity index (χ1n) is 6.60. The van der Waals surface area contributed by atoms with E-state index in [0.717, 1.165) is 17.7 Å². The Morgan fingerprint density at radius 2 is 2.00 bits per heavy atom. The summed E-state index contributed by atoms with van der Waals surface area (Å²) in [4.78, 5) is 25.8. The molecular formula is C14H16N2O4. The van der Waals surface area contributed by atoms with Gasteiger partial charge in [0.15, 0.2) is 0 Å². The minimum Gasteiger partial charge on any atom is -0.478 e. The molecule has 2 atom stereocenters. The maximum absolute atomic E-state index is 11.1. The van der Waals surface area contributed by atoms with Gasteiger partial charge in [0, 0.05) is 24.8 Å². The molecule has 2 aliphatic heterocycles. The maximum Gasteiger partial charge on any atom is 0.407 e. The van der Waals surface area contributed by atoms with Crippen LogP contribution in [0.1, 0.15) is 22.8 Å². The fourth-order valence-corrected chi connectivity index (χ4v) is 3.30. The summed E-state index contributed by atoms with van der Waals surface area (Å²) in [6.45, 7) is 2.89. The lowest BCUT2D eigenvalue weighted by molar-refractivity contribution is 0.0697. The second-order valence-electron chi connectivity index (χ2n) is 5.45. The average Bonchev–Trinajstić information content (AvgIpc) is 2.75. The van der Waals surface area contributed by atoms with E-state index in [9.17, 15) is 9.59 Å². The molecule has 2 aliphatic rings. The van der Waals surface area contributed by atoms with Crippen LogP contribution in [0.15, 0.2) is 18.2 Å². The highest BCUT2D eigenvalue weighted by Gasteiger charge is 2.39. The highest BCUT2D eigenvalue weighted by Crippen LogP contribution is 2.37. The number of carboxylic acids is 1. The Hall–Kier alpha value is -2.24. The van der Waals surface area contributed by atoms with Crippen molar-refractivity contribution in [2.45, 2.75) is 25.4 Å². The first-order valence-corrected chi connectivity index (χ1v) is 6.60. The number of fused-ring (bicyclic) bond motifs is 3. The van der Waals surface area contributed by atoms with E-state index in [1.54, 1.807) is 12.1 Å². The predicted molar refractivity (Wildman–Crippen MR) is 72.4 cm³/mol. The fraction of sp³-hybridized carbons (Fsp3) is 0.429. The molecular weight excluding hydrogens is 260 g/mol. The summed E-state index contributed by atoms with van der Waals surface area (Å²) >= 11 is 0. The number of hydrogen-bond donors (Lipinski definition) is 2. The normalized spacial score (nSPS) is 24.2. The number of rotatable bonds is 1. The molecule has 2 heterocycles. The van der Waals surface area contributed by atoms with Gasteiger partial charge in [0.05, 0.1) is 11.6 Å². The molecule has 0 radical (unpaired) electrons. The van der Waals surface area contributed by atoms with Crippen LogP contribution in [0.25, 0.3) is 0 Å². The highest BCUT2D eigenvalue weighted by atomic mass is 16.4. The van der Waals surface area contributed by atoms with Gasteiger partial charge < -0.3 is 20.0 Å². The molecule has 0 spiro atoms. The van der Waals surface area contributed by atoms with Crippen LogP contribution in [0.5, 0.6) is 0 Å². The molecule has 1 aromatic carbocycles. The monoisotopic (exact) mass is 276 g/mol. The smallest absolute Gasteiger partial charge is 0.407 e.